The standard InChI is InChI=1S/C23H28N4O6S/c24-12-20(29)25-17(10-15-6-8-16(28)9-7-15)21(30)27-19(13-34)22(31)26-18(23(32)33)11-14-4-2-1-3-5-14/h1-9,17-19,28,34H,10-13,24H2,(H,25,29)(H,26,31)(H,27,30)(H,32,33). The Bertz CT molecular complexity index is 987. The highest BCUT2D eigenvalue weighted by Crippen LogP contribution is 2.12. The van der Waals surface area contributed by atoms with Crippen LogP contribution in [-0.4, -0.2) is 64.3 Å². The third-order valence-electron chi connectivity index (χ3n) is 4.93. The van der Waals surface area contributed by atoms with E-state index in [1.54, 1.807) is 42.5 Å². The molecule has 0 aromatic heterocycles. The van der Waals surface area contributed by atoms with Crippen LogP contribution in [0.5, 0.6) is 5.75 Å². The summed E-state index contributed by atoms with van der Waals surface area (Å²) in [7, 11) is 0. The third kappa shape index (κ3) is 8.41. The Morgan fingerprint density at radius 1 is 0.794 bits per heavy atom. The summed E-state index contributed by atoms with van der Waals surface area (Å²) < 4.78 is 0. The third-order valence-corrected chi connectivity index (χ3v) is 5.29. The Labute approximate surface area is 202 Å². The first-order chi connectivity index (χ1) is 16.2. The molecule has 0 saturated heterocycles. The summed E-state index contributed by atoms with van der Waals surface area (Å²) in [5.74, 6) is -3.24. The van der Waals surface area contributed by atoms with Gasteiger partial charge in [-0.2, -0.15) is 12.6 Å². The molecule has 3 unspecified atom stereocenters. The van der Waals surface area contributed by atoms with Gasteiger partial charge in [0.15, 0.2) is 0 Å². The maximum atomic E-state index is 12.9. The first-order valence-electron chi connectivity index (χ1n) is 10.5. The molecule has 0 bridgehead atoms. The van der Waals surface area contributed by atoms with Gasteiger partial charge >= 0.3 is 5.97 Å². The van der Waals surface area contributed by atoms with Crippen molar-refractivity contribution in [3.05, 3.63) is 65.7 Å². The number of carboxylic acids is 1. The van der Waals surface area contributed by atoms with Gasteiger partial charge < -0.3 is 31.9 Å². The smallest absolute Gasteiger partial charge is 0.326 e. The van der Waals surface area contributed by atoms with Crippen LogP contribution in [0.4, 0.5) is 0 Å². The number of thiol groups is 1. The topological polar surface area (TPSA) is 171 Å². The molecule has 34 heavy (non-hydrogen) atoms. The van der Waals surface area contributed by atoms with Gasteiger partial charge in [-0.05, 0) is 23.3 Å². The summed E-state index contributed by atoms with van der Waals surface area (Å²) in [5, 5.41) is 26.4. The summed E-state index contributed by atoms with van der Waals surface area (Å²) in [6, 6.07) is 11.5. The molecule has 0 aliphatic rings. The quantitative estimate of drug-likeness (QED) is 0.199. The number of hydrogen-bond donors (Lipinski definition) is 7. The van der Waals surface area contributed by atoms with Gasteiger partial charge in [-0.15, -0.1) is 0 Å². The van der Waals surface area contributed by atoms with Gasteiger partial charge in [-0.1, -0.05) is 42.5 Å². The fraction of sp³-hybridized carbons (Fsp3) is 0.304. The van der Waals surface area contributed by atoms with E-state index in [1.165, 1.54) is 12.1 Å². The second-order valence-electron chi connectivity index (χ2n) is 7.53. The van der Waals surface area contributed by atoms with Crippen LogP contribution in [0.25, 0.3) is 0 Å². The SMILES string of the molecule is NCC(=O)NC(Cc1ccc(O)cc1)C(=O)NC(CS)C(=O)NC(Cc1ccccc1)C(=O)O. The summed E-state index contributed by atoms with van der Waals surface area (Å²) in [4.78, 5) is 49.1. The number of nitrogens with one attached hydrogen (secondary N) is 3. The van der Waals surface area contributed by atoms with E-state index in [-0.39, 0.29) is 30.9 Å². The molecule has 3 atom stereocenters. The van der Waals surface area contributed by atoms with Gasteiger partial charge in [0.1, 0.15) is 23.9 Å². The Morgan fingerprint density at radius 2 is 1.32 bits per heavy atom. The fourth-order valence-corrected chi connectivity index (χ4v) is 3.38. The predicted octanol–water partition coefficient (Wildman–Crippen LogP) is -0.395. The molecule has 0 radical (unpaired) electrons. The minimum absolute atomic E-state index is 0.0473. The van der Waals surface area contributed by atoms with E-state index < -0.39 is 41.8 Å². The molecule has 2 aromatic carbocycles. The van der Waals surface area contributed by atoms with E-state index in [9.17, 15) is 29.4 Å². The molecule has 3 amide bonds. The van der Waals surface area contributed by atoms with Crippen molar-refractivity contribution in [3.63, 3.8) is 0 Å². The molecule has 0 saturated carbocycles. The van der Waals surface area contributed by atoms with E-state index >= 15 is 0 Å². The zero-order valence-electron chi connectivity index (χ0n) is 18.3. The Morgan fingerprint density at radius 3 is 1.88 bits per heavy atom. The number of carboxylic acid groups (broad SMARTS) is 1. The van der Waals surface area contributed by atoms with Crippen molar-refractivity contribution in [2.24, 2.45) is 5.73 Å². The zero-order chi connectivity index (χ0) is 25.1. The monoisotopic (exact) mass is 488 g/mol. The highest BCUT2D eigenvalue weighted by atomic mass is 32.1. The van der Waals surface area contributed by atoms with E-state index in [2.05, 4.69) is 28.6 Å². The molecule has 2 rings (SSSR count). The lowest BCUT2D eigenvalue weighted by molar-refractivity contribution is -0.142. The lowest BCUT2D eigenvalue weighted by atomic mass is 10.0. The number of rotatable bonds is 12. The number of phenolic OH excluding ortho intramolecular Hbond substituents is 1. The van der Waals surface area contributed by atoms with Crippen molar-refractivity contribution in [2.75, 3.05) is 12.3 Å². The summed E-state index contributed by atoms with van der Waals surface area (Å²) in [6.45, 7) is -0.338. The molecule has 0 heterocycles. The number of carbonyl (C=O) groups excluding carboxylic acids is 3. The largest absolute Gasteiger partial charge is 0.508 e. The van der Waals surface area contributed by atoms with Gasteiger partial charge in [0.25, 0.3) is 0 Å². The molecule has 182 valence electrons. The molecule has 0 fully saturated rings. The molecular formula is C23H28N4O6S. The lowest BCUT2D eigenvalue weighted by Gasteiger charge is -2.23. The number of carbonyl (C=O) groups is 4. The molecule has 10 nitrogen and oxygen atoms in total. The van der Waals surface area contributed by atoms with Crippen LogP contribution < -0.4 is 21.7 Å². The minimum Gasteiger partial charge on any atom is -0.508 e. The number of aromatic hydroxyl groups is 1. The van der Waals surface area contributed by atoms with Crippen LogP contribution in [0.3, 0.4) is 0 Å². The molecule has 0 spiro atoms. The molecule has 2 aromatic rings. The second kappa shape index (κ2) is 13.2. The van der Waals surface area contributed by atoms with Crippen molar-refractivity contribution in [2.45, 2.75) is 31.0 Å². The van der Waals surface area contributed by atoms with Crippen LogP contribution in [-0.2, 0) is 32.0 Å². The van der Waals surface area contributed by atoms with Crippen molar-refractivity contribution < 1.29 is 29.4 Å². The van der Waals surface area contributed by atoms with Crippen LogP contribution >= 0.6 is 12.6 Å². The predicted molar refractivity (Wildman–Crippen MR) is 128 cm³/mol. The van der Waals surface area contributed by atoms with Crippen molar-refractivity contribution in [1.29, 1.82) is 0 Å². The summed E-state index contributed by atoms with van der Waals surface area (Å²) in [6.07, 6.45) is 0.135. The number of aliphatic carboxylic acids is 1. The van der Waals surface area contributed by atoms with Gasteiger partial charge in [-0.3, -0.25) is 14.4 Å². The highest BCUT2D eigenvalue weighted by Gasteiger charge is 2.29. The molecular weight excluding hydrogens is 460 g/mol. The molecule has 0 aliphatic heterocycles. The molecule has 11 heteroatoms. The Hall–Kier alpha value is -3.57. The normalized spacial score (nSPS) is 13.2. The van der Waals surface area contributed by atoms with Gasteiger partial charge in [0.05, 0.1) is 6.54 Å². The average molecular weight is 489 g/mol. The zero-order valence-corrected chi connectivity index (χ0v) is 19.2. The average Bonchev–Trinajstić information content (AvgIpc) is 2.83. The highest BCUT2D eigenvalue weighted by molar-refractivity contribution is 7.80. The number of amides is 3. The van der Waals surface area contributed by atoms with Crippen LogP contribution in [0, 0.1) is 0 Å². The maximum Gasteiger partial charge on any atom is 0.326 e. The van der Waals surface area contributed by atoms with E-state index in [4.69, 9.17) is 5.73 Å². The van der Waals surface area contributed by atoms with Gasteiger partial charge in [0.2, 0.25) is 17.7 Å². The van der Waals surface area contributed by atoms with E-state index in [0.29, 0.717) is 5.56 Å². The van der Waals surface area contributed by atoms with Crippen LogP contribution in [0.2, 0.25) is 0 Å². The number of hydrogen-bond acceptors (Lipinski definition) is 7. The summed E-state index contributed by atoms with van der Waals surface area (Å²) in [5.41, 5.74) is 6.72. The molecule has 7 N–H and O–H groups in total. The molecule has 0 aliphatic carbocycles. The Kier molecular flexibility index (Phi) is 10.4. The van der Waals surface area contributed by atoms with Crippen molar-refractivity contribution in [3.8, 4) is 5.75 Å². The van der Waals surface area contributed by atoms with Gasteiger partial charge in [-0.25, -0.2) is 4.79 Å². The summed E-state index contributed by atoms with van der Waals surface area (Å²) >= 11 is 4.11. The fourth-order valence-electron chi connectivity index (χ4n) is 3.12. The van der Waals surface area contributed by atoms with Gasteiger partial charge in [0, 0.05) is 18.6 Å². The maximum absolute atomic E-state index is 12.9. The van der Waals surface area contributed by atoms with Crippen LogP contribution in [0.1, 0.15) is 11.1 Å². The minimum atomic E-state index is -1.22. The van der Waals surface area contributed by atoms with Crippen LogP contribution in [0.15, 0.2) is 54.6 Å². The Balaban J connectivity index is 2.09. The van der Waals surface area contributed by atoms with E-state index in [0.717, 1.165) is 5.56 Å². The lowest BCUT2D eigenvalue weighted by Crippen LogP contribution is -2.57. The first-order valence-corrected chi connectivity index (χ1v) is 11.1. The van der Waals surface area contributed by atoms with Crippen molar-refractivity contribution in [1.82, 2.24) is 16.0 Å². The first kappa shape index (κ1) is 26.7. The second-order valence-corrected chi connectivity index (χ2v) is 7.89. The number of benzene rings is 2. The number of phenols is 1. The van der Waals surface area contributed by atoms with Crippen molar-refractivity contribution >= 4 is 36.3 Å². The number of nitrogens with two attached hydrogens (primary N) is 1. The van der Waals surface area contributed by atoms with E-state index in [1.807, 2.05) is 0 Å².